The second-order valence-electron chi connectivity index (χ2n) is 6.15. The molecule has 0 saturated carbocycles. The molecule has 2 aromatic carbocycles. The number of aromatic nitrogens is 7. The van der Waals surface area contributed by atoms with Crippen LogP contribution in [0.4, 0.5) is 0 Å². The van der Waals surface area contributed by atoms with E-state index in [2.05, 4.69) is 68.0 Å². The quantitative estimate of drug-likeness (QED) is 0.545. The first kappa shape index (κ1) is 17.0. The van der Waals surface area contributed by atoms with Crippen molar-refractivity contribution in [2.45, 2.75) is 26.4 Å². The maximum atomic E-state index is 5.66. The van der Waals surface area contributed by atoms with Crippen LogP contribution in [-0.2, 0) is 19.5 Å². The predicted octanol–water partition coefficient (Wildman–Crippen LogP) is 2.19. The molecule has 0 fully saturated rings. The summed E-state index contributed by atoms with van der Waals surface area (Å²) in [5.74, 6) is 2.28. The lowest BCUT2D eigenvalue weighted by Gasteiger charge is -2.09. The van der Waals surface area contributed by atoms with Crippen LogP contribution in [0.15, 0.2) is 48.5 Å². The molecule has 27 heavy (non-hydrogen) atoms. The van der Waals surface area contributed by atoms with Gasteiger partial charge in [0, 0.05) is 12.0 Å². The number of benzene rings is 2. The third-order valence-corrected chi connectivity index (χ3v) is 4.42. The highest BCUT2D eigenvalue weighted by Crippen LogP contribution is 2.29. The lowest BCUT2D eigenvalue weighted by atomic mass is 9.98. The molecule has 2 aromatic heterocycles. The Kier molecular flexibility index (Phi) is 4.71. The molecular weight excluding hydrogens is 340 g/mol. The Morgan fingerprint density at radius 1 is 1.04 bits per heavy atom. The van der Waals surface area contributed by atoms with Crippen LogP contribution in [0.25, 0.3) is 22.5 Å². The van der Waals surface area contributed by atoms with Gasteiger partial charge in [0.15, 0.2) is 11.6 Å². The summed E-state index contributed by atoms with van der Waals surface area (Å²) in [6.45, 7) is 3.09. The van der Waals surface area contributed by atoms with Crippen molar-refractivity contribution in [1.29, 1.82) is 0 Å². The summed E-state index contributed by atoms with van der Waals surface area (Å²) in [4.78, 5) is 4.45. The van der Waals surface area contributed by atoms with Gasteiger partial charge in [-0.1, -0.05) is 55.5 Å². The van der Waals surface area contributed by atoms with Gasteiger partial charge < -0.3 is 5.73 Å². The summed E-state index contributed by atoms with van der Waals surface area (Å²) in [5.41, 5.74) is 9.95. The first-order chi connectivity index (χ1) is 13.3. The first-order valence-electron chi connectivity index (χ1n) is 8.83. The van der Waals surface area contributed by atoms with E-state index in [1.165, 1.54) is 0 Å². The van der Waals surface area contributed by atoms with E-state index < -0.39 is 0 Å². The van der Waals surface area contributed by atoms with Gasteiger partial charge in [-0.05, 0) is 27.1 Å². The van der Waals surface area contributed by atoms with Gasteiger partial charge in [-0.2, -0.15) is 5.10 Å². The largest absolute Gasteiger partial charge is 0.324 e. The lowest BCUT2D eigenvalue weighted by molar-refractivity contribution is 0.636. The Morgan fingerprint density at radius 2 is 1.81 bits per heavy atom. The van der Waals surface area contributed by atoms with Crippen molar-refractivity contribution in [2.75, 3.05) is 0 Å². The molecule has 136 valence electrons. The normalized spacial score (nSPS) is 11.0. The van der Waals surface area contributed by atoms with Crippen LogP contribution < -0.4 is 5.73 Å². The molecule has 0 bridgehead atoms. The van der Waals surface area contributed by atoms with Crippen molar-refractivity contribution in [3.8, 4) is 22.5 Å². The highest BCUT2D eigenvalue weighted by molar-refractivity contribution is 5.80. The van der Waals surface area contributed by atoms with Gasteiger partial charge in [0.1, 0.15) is 5.82 Å². The molecule has 0 radical (unpaired) electrons. The SMILES string of the molecule is CCc1nc(CN)nn1Cc1ccc(-c2ccccc2-c2nnn[nH]2)cc1. The van der Waals surface area contributed by atoms with Gasteiger partial charge in [-0.3, -0.25) is 0 Å². The maximum absolute atomic E-state index is 5.66. The first-order valence-corrected chi connectivity index (χ1v) is 8.83. The van der Waals surface area contributed by atoms with Crippen LogP contribution in [0.5, 0.6) is 0 Å². The van der Waals surface area contributed by atoms with E-state index in [1.54, 1.807) is 0 Å². The fraction of sp³-hybridized carbons (Fsp3) is 0.211. The molecule has 0 spiro atoms. The smallest absolute Gasteiger partial charge is 0.180 e. The van der Waals surface area contributed by atoms with Crippen molar-refractivity contribution in [3.63, 3.8) is 0 Å². The fourth-order valence-corrected chi connectivity index (χ4v) is 3.08. The number of rotatable bonds is 6. The zero-order chi connectivity index (χ0) is 18.6. The van der Waals surface area contributed by atoms with Gasteiger partial charge in [-0.25, -0.2) is 14.8 Å². The predicted molar refractivity (Wildman–Crippen MR) is 101 cm³/mol. The minimum absolute atomic E-state index is 0.353. The minimum atomic E-state index is 0.353. The molecule has 4 aromatic rings. The average molecular weight is 360 g/mol. The van der Waals surface area contributed by atoms with Crippen LogP contribution in [-0.4, -0.2) is 35.4 Å². The number of nitrogens with zero attached hydrogens (tertiary/aromatic N) is 6. The van der Waals surface area contributed by atoms with Gasteiger partial charge in [0.2, 0.25) is 0 Å². The number of nitrogens with two attached hydrogens (primary N) is 1. The van der Waals surface area contributed by atoms with Gasteiger partial charge in [-0.15, -0.1) is 5.10 Å². The van der Waals surface area contributed by atoms with Gasteiger partial charge in [0.05, 0.1) is 13.1 Å². The van der Waals surface area contributed by atoms with E-state index in [1.807, 2.05) is 22.9 Å². The number of hydrogen-bond donors (Lipinski definition) is 2. The molecule has 0 aliphatic heterocycles. The van der Waals surface area contributed by atoms with Crippen LogP contribution in [0.1, 0.15) is 24.1 Å². The summed E-state index contributed by atoms with van der Waals surface area (Å²) in [5, 5.41) is 18.7. The Labute approximate surface area is 156 Å². The van der Waals surface area contributed by atoms with Gasteiger partial charge in [0.25, 0.3) is 0 Å². The molecule has 0 atom stereocenters. The van der Waals surface area contributed by atoms with Crippen LogP contribution in [0.3, 0.4) is 0 Å². The Bertz CT molecular complexity index is 1020. The summed E-state index contributed by atoms with van der Waals surface area (Å²) < 4.78 is 1.92. The number of nitrogens with one attached hydrogen (secondary N) is 1. The minimum Gasteiger partial charge on any atom is -0.324 e. The molecule has 0 aliphatic rings. The van der Waals surface area contributed by atoms with Crippen molar-refractivity contribution >= 4 is 0 Å². The van der Waals surface area contributed by atoms with Crippen LogP contribution in [0, 0.1) is 0 Å². The molecule has 0 saturated heterocycles. The van der Waals surface area contributed by atoms with Crippen molar-refractivity contribution in [3.05, 3.63) is 65.7 Å². The molecule has 4 rings (SSSR count). The monoisotopic (exact) mass is 360 g/mol. The summed E-state index contributed by atoms with van der Waals surface area (Å²) in [7, 11) is 0. The van der Waals surface area contributed by atoms with Crippen molar-refractivity contribution in [2.24, 2.45) is 5.73 Å². The van der Waals surface area contributed by atoms with Crippen molar-refractivity contribution in [1.82, 2.24) is 35.4 Å². The second-order valence-corrected chi connectivity index (χ2v) is 6.15. The molecule has 0 amide bonds. The lowest BCUT2D eigenvalue weighted by Crippen LogP contribution is -2.07. The third-order valence-electron chi connectivity index (χ3n) is 4.42. The van der Waals surface area contributed by atoms with Gasteiger partial charge >= 0.3 is 0 Å². The summed E-state index contributed by atoms with van der Waals surface area (Å²) >= 11 is 0. The summed E-state index contributed by atoms with van der Waals surface area (Å²) in [6, 6.07) is 16.5. The molecule has 0 unspecified atom stereocenters. The van der Waals surface area contributed by atoms with E-state index in [0.29, 0.717) is 24.7 Å². The molecular formula is C19H20N8. The zero-order valence-electron chi connectivity index (χ0n) is 15.0. The van der Waals surface area contributed by atoms with E-state index in [0.717, 1.165) is 34.5 Å². The molecule has 2 heterocycles. The standard InChI is InChI=1S/C19H20N8/c1-2-18-21-17(11-20)24-27(18)12-13-7-9-14(10-8-13)15-5-3-4-6-16(15)19-22-25-26-23-19/h3-10H,2,11-12,20H2,1H3,(H,22,23,25,26). The number of hydrogen-bond acceptors (Lipinski definition) is 6. The average Bonchev–Trinajstić information content (AvgIpc) is 3.38. The Morgan fingerprint density at radius 3 is 2.48 bits per heavy atom. The zero-order valence-corrected chi connectivity index (χ0v) is 15.0. The number of aromatic amines is 1. The molecule has 0 aliphatic carbocycles. The van der Waals surface area contributed by atoms with E-state index in [-0.39, 0.29) is 0 Å². The van der Waals surface area contributed by atoms with E-state index in [9.17, 15) is 0 Å². The fourth-order valence-electron chi connectivity index (χ4n) is 3.08. The molecule has 8 heteroatoms. The highest BCUT2D eigenvalue weighted by atomic mass is 15.5. The van der Waals surface area contributed by atoms with Crippen LogP contribution in [0.2, 0.25) is 0 Å². The summed E-state index contributed by atoms with van der Waals surface area (Å²) in [6.07, 6.45) is 0.823. The van der Waals surface area contributed by atoms with Crippen LogP contribution >= 0.6 is 0 Å². The number of tetrazole rings is 1. The maximum Gasteiger partial charge on any atom is 0.180 e. The van der Waals surface area contributed by atoms with E-state index >= 15 is 0 Å². The Hall–Kier alpha value is -3.39. The Balaban J connectivity index is 1.61. The molecule has 8 nitrogen and oxygen atoms in total. The third kappa shape index (κ3) is 3.47. The number of H-pyrrole nitrogens is 1. The van der Waals surface area contributed by atoms with Crippen molar-refractivity contribution < 1.29 is 0 Å². The topological polar surface area (TPSA) is 111 Å². The molecule has 3 N–H and O–H groups in total. The highest BCUT2D eigenvalue weighted by Gasteiger charge is 2.11. The second kappa shape index (κ2) is 7.46. The number of aryl methyl sites for hydroxylation is 1. The van der Waals surface area contributed by atoms with E-state index in [4.69, 9.17) is 5.73 Å².